The molecule has 0 atom stereocenters. The van der Waals surface area contributed by atoms with Crippen LogP contribution in [0.5, 0.6) is 0 Å². The number of aliphatic hydroxyl groups is 1. The summed E-state index contributed by atoms with van der Waals surface area (Å²) in [5, 5.41) is 17.8. The largest absolute Gasteiger partial charge is 0.507 e. The van der Waals surface area contributed by atoms with Crippen molar-refractivity contribution in [2.75, 3.05) is 18.0 Å². The Labute approximate surface area is 148 Å². The third kappa shape index (κ3) is 4.55. The molecule has 0 spiro atoms. The highest BCUT2D eigenvalue weighted by Crippen LogP contribution is 2.30. The second kappa shape index (κ2) is 7.21. The minimum atomic E-state index is -0.295. The number of primary amides is 1. The maximum atomic E-state index is 11.3. The highest BCUT2D eigenvalue weighted by atomic mass is 16.3. The van der Waals surface area contributed by atoms with Crippen LogP contribution in [-0.2, 0) is 10.2 Å². The first-order valence-electron chi connectivity index (χ1n) is 8.47. The maximum Gasteiger partial charge on any atom is 0.225 e. The number of rotatable bonds is 4. The van der Waals surface area contributed by atoms with Gasteiger partial charge in [-0.2, -0.15) is 0 Å². The number of piperidine rings is 1. The number of nitrogens with one attached hydrogen (secondary N) is 1. The molecule has 0 saturated carbocycles. The summed E-state index contributed by atoms with van der Waals surface area (Å²) in [5.74, 6) is 0.260. The number of hydrogen-bond donors (Lipinski definition) is 3. The fourth-order valence-electron chi connectivity index (χ4n) is 2.93. The topological polar surface area (TPSA) is 116 Å². The van der Waals surface area contributed by atoms with Crippen molar-refractivity contribution in [3.63, 3.8) is 0 Å². The number of aromatic nitrogens is 2. The van der Waals surface area contributed by atoms with Crippen molar-refractivity contribution in [2.45, 2.75) is 46.0 Å². The molecule has 1 aromatic rings. The normalized spacial score (nSPS) is 16.8. The molecule has 0 aromatic carbocycles. The van der Waals surface area contributed by atoms with Crippen molar-refractivity contribution in [3.8, 4) is 0 Å². The van der Waals surface area contributed by atoms with E-state index < -0.39 is 0 Å². The zero-order valence-corrected chi connectivity index (χ0v) is 15.3. The highest BCUT2D eigenvalue weighted by molar-refractivity contribution is 5.95. The molecule has 1 saturated heterocycles. The molecule has 1 aliphatic heterocycles. The third-order valence-corrected chi connectivity index (χ3v) is 4.30. The summed E-state index contributed by atoms with van der Waals surface area (Å²) in [5.41, 5.74) is 6.61. The maximum absolute atomic E-state index is 11.3. The van der Waals surface area contributed by atoms with E-state index in [1.54, 1.807) is 13.1 Å². The van der Waals surface area contributed by atoms with E-state index in [0.717, 1.165) is 5.69 Å². The second-order valence-electron chi connectivity index (χ2n) is 7.56. The van der Waals surface area contributed by atoms with Crippen LogP contribution in [0.3, 0.4) is 0 Å². The van der Waals surface area contributed by atoms with Crippen LogP contribution in [0.15, 0.2) is 12.3 Å². The molecule has 1 aliphatic rings. The molecule has 0 radical (unpaired) electrons. The van der Waals surface area contributed by atoms with Crippen LogP contribution in [0.25, 0.3) is 5.76 Å². The number of aliphatic hydroxyl groups excluding tert-OH is 1. The average molecular weight is 345 g/mol. The van der Waals surface area contributed by atoms with Crippen LogP contribution in [0.4, 0.5) is 5.95 Å². The van der Waals surface area contributed by atoms with E-state index >= 15 is 0 Å². The molecule has 2 rings (SSSR count). The molecule has 1 amide bonds. The molecule has 0 unspecified atom stereocenters. The smallest absolute Gasteiger partial charge is 0.225 e. The number of carbonyl (C=O) groups excluding carboxylic acids is 1. The lowest BCUT2D eigenvalue weighted by Gasteiger charge is -2.31. The van der Waals surface area contributed by atoms with Gasteiger partial charge in [0.2, 0.25) is 11.9 Å². The van der Waals surface area contributed by atoms with Crippen molar-refractivity contribution < 1.29 is 9.90 Å². The van der Waals surface area contributed by atoms with Crippen LogP contribution in [0.2, 0.25) is 0 Å². The average Bonchev–Trinajstić information content (AvgIpc) is 2.53. The van der Waals surface area contributed by atoms with Gasteiger partial charge in [-0.3, -0.25) is 4.79 Å². The van der Waals surface area contributed by atoms with Gasteiger partial charge >= 0.3 is 0 Å². The number of amides is 1. The zero-order valence-electron chi connectivity index (χ0n) is 15.3. The summed E-state index contributed by atoms with van der Waals surface area (Å²) >= 11 is 0. The number of carbonyl (C=O) groups is 1. The number of nitrogens with zero attached hydrogens (tertiary/aromatic N) is 3. The monoisotopic (exact) mass is 345 g/mol. The Morgan fingerprint density at radius 1 is 1.40 bits per heavy atom. The quantitative estimate of drug-likeness (QED) is 0.572. The van der Waals surface area contributed by atoms with Crippen LogP contribution < -0.4 is 10.6 Å². The van der Waals surface area contributed by atoms with Crippen LogP contribution >= 0.6 is 0 Å². The predicted molar refractivity (Wildman–Crippen MR) is 98.9 cm³/mol. The van der Waals surface area contributed by atoms with E-state index in [4.69, 9.17) is 16.1 Å². The van der Waals surface area contributed by atoms with Gasteiger partial charge in [-0.25, -0.2) is 9.97 Å². The molecule has 0 aliphatic carbocycles. The van der Waals surface area contributed by atoms with E-state index in [0.29, 0.717) is 37.4 Å². The molecule has 7 heteroatoms. The molecule has 25 heavy (non-hydrogen) atoms. The van der Waals surface area contributed by atoms with Crippen molar-refractivity contribution in [1.82, 2.24) is 9.97 Å². The number of allylic oxidation sites excluding steroid dienone is 1. The Hall–Kier alpha value is -2.44. The highest BCUT2D eigenvalue weighted by Gasteiger charge is 2.27. The van der Waals surface area contributed by atoms with Gasteiger partial charge in [0.1, 0.15) is 5.76 Å². The summed E-state index contributed by atoms with van der Waals surface area (Å²) in [6.07, 6.45) is 4.40. The Morgan fingerprint density at radius 3 is 2.48 bits per heavy atom. The Kier molecular flexibility index (Phi) is 5.45. The first-order chi connectivity index (χ1) is 11.6. The van der Waals surface area contributed by atoms with Crippen LogP contribution in [0, 0.1) is 11.3 Å². The lowest BCUT2D eigenvalue weighted by molar-refractivity contribution is -0.122. The summed E-state index contributed by atoms with van der Waals surface area (Å²) < 4.78 is 0. The molecule has 2 heterocycles. The second-order valence-corrected chi connectivity index (χ2v) is 7.56. The minimum Gasteiger partial charge on any atom is -0.507 e. The molecule has 0 bridgehead atoms. The summed E-state index contributed by atoms with van der Waals surface area (Å²) in [6, 6.07) is 0. The van der Waals surface area contributed by atoms with E-state index in [2.05, 4.69) is 4.98 Å². The summed E-state index contributed by atoms with van der Waals surface area (Å²) in [7, 11) is 0. The summed E-state index contributed by atoms with van der Waals surface area (Å²) in [6.45, 7) is 9.02. The van der Waals surface area contributed by atoms with E-state index in [1.165, 1.54) is 6.08 Å². The fraction of sp³-hybridized carbons (Fsp3) is 0.556. The lowest BCUT2D eigenvalue weighted by atomic mass is 9.88. The molecule has 1 aromatic heterocycles. The zero-order chi connectivity index (χ0) is 18.8. The molecule has 4 N–H and O–H groups in total. The SMILES string of the molecule is CC(=N)/C=C(\O)c1cnc(N2CCC(C(N)=O)CC2)nc1C(C)(C)C. The fourth-order valence-corrected chi connectivity index (χ4v) is 2.93. The van der Waals surface area contributed by atoms with E-state index in [9.17, 15) is 9.90 Å². The lowest BCUT2D eigenvalue weighted by Crippen LogP contribution is -2.39. The van der Waals surface area contributed by atoms with Crippen molar-refractivity contribution in [2.24, 2.45) is 11.7 Å². The number of anilines is 1. The van der Waals surface area contributed by atoms with Crippen LogP contribution in [0.1, 0.15) is 51.8 Å². The minimum absolute atomic E-state index is 0.00332. The van der Waals surface area contributed by atoms with Gasteiger partial charge in [0.05, 0.1) is 11.3 Å². The predicted octanol–water partition coefficient (Wildman–Crippen LogP) is 2.41. The van der Waals surface area contributed by atoms with Crippen molar-refractivity contribution >= 4 is 23.3 Å². The van der Waals surface area contributed by atoms with Gasteiger partial charge in [-0.15, -0.1) is 0 Å². The van der Waals surface area contributed by atoms with Crippen LogP contribution in [-0.4, -0.2) is 39.8 Å². The molecule has 136 valence electrons. The first-order valence-corrected chi connectivity index (χ1v) is 8.47. The van der Waals surface area contributed by atoms with Gasteiger partial charge < -0.3 is 21.1 Å². The third-order valence-electron chi connectivity index (χ3n) is 4.30. The van der Waals surface area contributed by atoms with E-state index in [1.807, 2.05) is 25.7 Å². The van der Waals surface area contributed by atoms with Crippen molar-refractivity contribution in [3.05, 3.63) is 23.5 Å². The Balaban J connectivity index is 2.34. The molecule has 1 fully saturated rings. The van der Waals surface area contributed by atoms with Gasteiger partial charge in [0, 0.05) is 42.4 Å². The van der Waals surface area contributed by atoms with Gasteiger partial charge in [-0.1, -0.05) is 20.8 Å². The van der Waals surface area contributed by atoms with Crippen molar-refractivity contribution in [1.29, 1.82) is 5.41 Å². The Bertz CT molecular complexity index is 698. The number of nitrogens with two attached hydrogens (primary N) is 1. The Morgan fingerprint density at radius 2 is 2.00 bits per heavy atom. The summed E-state index contributed by atoms with van der Waals surface area (Å²) in [4.78, 5) is 22.4. The van der Waals surface area contributed by atoms with Gasteiger partial charge in [0.15, 0.2) is 0 Å². The van der Waals surface area contributed by atoms with Gasteiger partial charge in [0.25, 0.3) is 0 Å². The van der Waals surface area contributed by atoms with E-state index in [-0.39, 0.29) is 28.7 Å². The molecular formula is C18H27N5O2. The van der Waals surface area contributed by atoms with Gasteiger partial charge in [-0.05, 0) is 19.8 Å². The number of hydrogen-bond acceptors (Lipinski definition) is 6. The standard InChI is InChI=1S/C18H27N5O2/c1-11(19)9-14(24)13-10-21-17(22-15(13)18(2,3)4)23-7-5-12(6-8-23)16(20)25/h9-10,12,19,24H,5-8H2,1-4H3,(H2,20,25)/b14-9-,19-11?. The first kappa shape index (κ1) is 18.9. The molecular weight excluding hydrogens is 318 g/mol. The molecule has 7 nitrogen and oxygen atoms in total.